The highest BCUT2D eigenvalue weighted by molar-refractivity contribution is 7.13. The van der Waals surface area contributed by atoms with Gasteiger partial charge in [-0.15, -0.1) is 11.3 Å². The van der Waals surface area contributed by atoms with Crippen LogP contribution in [0.5, 0.6) is 0 Å². The second-order valence-electron chi connectivity index (χ2n) is 5.77. The van der Waals surface area contributed by atoms with Crippen LogP contribution in [0.4, 0.5) is 0 Å². The van der Waals surface area contributed by atoms with E-state index in [0.29, 0.717) is 10.8 Å². The van der Waals surface area contributed by atoms with Gasteiger partial charge in [0.1, 0.15) is 4.88 Å². The molecule has 1 aromatic heterocycles. The molecule has 1 heterocycles. The highest BCUT2D eigenvalue weighted by Crippen LogP contribution is 2.36. The molecule has 19 heavy (non-hydrogen) atoms. The quantitative estimate of drug-likeness (QED) is 0.866. The number of hydrogen-bond donors (Lipinski definition) is 1. The van der Waals surface area contributed by atoms with Crippen LogP contribution < -0.4 is 0 Å². The molecule has 1 N–H and O–H groups in total. The Hall–Kier alpha value is -0.900. The summed E-state index contributed by atoms with van der Waals surface area (Å²) in [5.74, 6) is -0.154. The Kier molecular flexibility index (Phi) is 4.97. The minimum atomic E-state index is -0.821. The van der Waals surface area contributed by atoms with Crippen molar-refractivity contribution < 1.29 is 9.90 Å². The van der Waals surface area contributed by atoms with Crippen LogP contribution in [0.25, 0.3) is 0 Å². The zero-order valence-electron chi connectivity index (χ0n) is 11.8. The van der Waals surface area contributed by atoms with Gasteiger partial charge in [0.05, 0.1) is 10.7 Å². The molecule has 2 rings (SSSR count). The third kappa shape index (κ3) is 3.56. The van der Waals surface area contributed by atoms with Crippen LogP contribution in [-0.2, 0) is 0 Å². The van der Waals surface area contributed by atoms with Crippen molar-refractivity contribution in [2.45, 2.75) is 70.6 Å². The maximum absolute atomic E-state index is 11.3. The normalized spacial score (nSPS) is 18.3. The molecule has 0 aliphatic heterocycles. The molecule has 0 bridgehead atoms. The van der Waals surface area contributed by atoms with E-state index in [0.717, 1.165) is 10.7 Å². The summed E-state index contributed by atoms with van der Waals surface area (Å²) in [7, 11) is 0. The fourth-order valence-electron chi connectivity index (χ4n) is 2.77. The largest absolute Gasteiger partial charge is 0.477 e. The van der Waals surface area contributed by atoms with Crippen LogP contribution in [0.3, 0.4) is 0 Å². The Labute approximate surface area is 119 Å². The summed E-state index contributed by atoms with van der Waals surface area (Å²) in [6.07, 6.45) is 8.82. The molecule has 1 aromatic rings. The molecule has 1 aliphatic carbocycles. The number of thiazole rings is 1. The van der Waals surface area contributed by atoms with E-state index >= 15 is 0 Å². The smallest absolute Gasteiger partial charge is 0.347 e. The molecule has 4 heteroatoms. The zero-order valence-corrected chi connectivity index (χ0v) is 12.6. The molecule has 0 unspecified atom stereocenters. The average molecular weight is 281 g/mol. The number of aromatic carboxylic acids is 1. The van der Waals surface area contributed by atoms with E-state index in [-0.39, 0.29) is 5.92 Å². The standard InChI is InChI=1S/C15H23NO2S/c1-10(2)12-13(15(17)18)19-14(16-12)11-8-6-4-3-5-7-9-11/h10-11H,3-9H2,1-2H3,(H,17,18). The number of nitrogens with zero attached hydrogens (tertiary/aromatic N) is 1. The van der Waals surface area contributed by atoms with Gasteiger partial charge < -0.3 is 5.11 Å². The highest BCUT2D eigenvalue weighted by atomic mass is 32.1. The maximum Gasteiger partial charge on any atom is 0.347 e. The van der Waals surface area contributed by atoms with E-state index in [9.17, 15) is 9.90 Å². The van der Waals surface area contributed by atoms with E-state index in [1.807, 2.05) is 13.8 Å². The number of aromatic nitrogens is 1. The van der Waals surface area contributed by atoms with E-state index in [1.54, 1.807) is 0 Å². The van der Waals surface area contributed by atoms with Gasteiger partial charge in [-0.25, -0.2) is 9.78 Å². The second kappa shape index (κ2) is 6.51. The van der Waals surface area contributed by atoms with Crippen molar-refractivity contribution in [3.63, 3.8) is 0 Å². The summed E-state index contributed by atoms with van der Waals surface area (Å²) in [6, 6.07) is 0. The summed E-state index contributed by atoms with van der Waals surface area (Å²) in [6.45, 7) is 4.03. The van der Waals surface area contributed by atoms with E-state index in [4.69, 9.17) is 0 Å². The Morgan fingerprint density at radius 3 is 2.26 bits per heavy atom. The van der Waals surface area contributed by atoms with Gasteiger partial charge in [-0.1, -0.05) is 46.0 Å². The Bertz CT molecular complexity index is 431. The first-order valence-corrected chi connectivity index (χ1v) is 8.15. The fourth-order valence-corrected chi connectivity index (χ4v) is 4.00. The van der Waals surface area contributed by atoms with Crippen LogP contribution in [0.15, 0.2) is 0 Å². The van der Waals surface area contributed by atoms with Gasteiger partial charge >= 0.3 is 5.97 Å². The number of carboxylic acids is 1. The van der Waals surface area contributed by atoms with Crippen molar-refractivity contribution in [2.24, 2.45) is 0 Å². The highest BCUT2D eigenvalue weighted by Gasteiger charge is 2.24. The van der Waals surface area contributed by atoms with Crippen molar-refractivity contribution in [1.29, 1.82) is 0 Å². The van der Waals surface area contributed by atoms with Gasteiger partial charge in [0.25, 0.3) is 0 Å². The lowest BCUT2D eigenvalue weighted by atomic mass is 9.91. The van der Waals surface area contributed by atoms with Crippen molar-refractivity contribution >= 4 is 17.3 Å². The zero-order chi connectivity index (χ0) is 13.8. The summed E-state index contributed by atoms with van der Waals surface area (Å²) < 4.78 is 0. The molecule has 0 amide bonds. The molecule has 0 saturated heterocycles. The third-order valence-electron chi connectivity index (χ3n) is 3.87. The number of hydrogen-bond acceptors (Lipinski definition) is 3. The molecule has 0 radical (unpaired) electrons. The topological polar surface area (TPSA) is 50.2 Å². The number of rotatable bonds is 3. The molecule has 0 aromatic carbocycles. The van der Waals surface area contributed by atoms with E-state index in [1.165, 1.54) is 56.3 Å². The van der Waals surface area contributed by atoms with Crippen molar-refractivity contribution in [2.75, 3.05) is 0 Å². The van der Waals surface area contributed by atoms with Crippen LogP contribution in [0, 0.1) is 0 Å². The lowest BCUT2D eigenvalue weighted by molar-refractivity contribution is 0.0700. The van der Waals surface area contributed by atoms with Gasteiger partial charge in [0, 0.05) is 5.92 Å². The predicted molar refractivity (Wildman–Crippen MR) is 78.2 cm³/mol. The summed E-state index contributed by atoms with van der Waals surface area (Å²) in [5, 5.41) is 10.4. The van der Waals surface area contributed by atoms with Crippen LogP contribution in [0.2, 0.25) is 0 Å². The molecule has 1 saturated carbocycles. The number of carboxylic acid groups (broad SMARTS) is 1. The van der Waals surface area contributed by atoms with Crippen LogP contribution in [0.1, 0.15) is 91.0 Å². The van der Waals surface area contributed by atoms with Crippen LogP contribution in [-0.4, -0.2) is 16.1 Å². The molecule has 3 nitrogen and oxygen atoms in total. The lowest BCUT2D eigenvalue weighted by Gasteiger charge is -2.17. The Morgan fingerprint density at radius 2 is 1.79 bits per heavy atom. The molecule has 106 valence electrons. The average Bonchev–Trinajstić information content (AvgIpc) is 2.73. The first kappa shape index (κ1) is 14.5. The maximum atomic E-state index is 11.3. The van der Waals surface area contributed by atoms with Crippen molar-refractivity contribution in [1.82, 2.24) is 4.98 Å². The van der Waals surface area contributed by atoms with Gasteiger partial charge in [-0.3, -0.25) is 0 Å². The molecule has 1 aliphatic rings. The van der Waals surface area contributed by atoms with Gasteiger partial charge in [0.2, 0.25) is 0 Å². The van der Waals surface area contributed by atoms with Gasteiger partial charge in [-0.2, -0.15) is 0 Å². The molecular weight excluding hydrogens is 258 g/mol. The lowest BCUT2D eigenvalue weighted by Crippen LogP contribution is -2.03. The first-order chi connectivity index (χ1) is 9.09. The monoisotopic (exact) mass is 281 g/mol. The number of carbonyl (C=O) groups is 1. The summed E-state index contributed by atoms with van der Waals surface area (Å²) in [5.41, 5.74) is 0.773. The van der Waals surface area contributed by atoms with E-state index in [2.05, 4.69) is 4.98 Å². The second-order valence-corrected chi connectivity index (χ2v) is 6.80. The minimum Gasteiger partial charge on any atom is -0.477 e. The Balaban J connectivity index is 2.23. The third-order valence-corrected chi connectivity index (χ3v) is 5.09. The minimum absolute atomic E-state index is 0.185. The summed E-state index contributed by atoms with van der Waals surface area (Å²) in [4.78, 5) is 16.4. The van der Waals surface area contributed by atoms with Gasteiger partial charge in [-0.05, 0) is 18.8 Å². The van der Waals surface area contributed by atoms with Crippen molar-refractivity contribution in [3.05, 3.63) is 15.6 Å². The predicted octanol–water partition coefficient (Wildman–Crippen LogP) is 4.79. The first-order valence-electron chi connectivity index (χ1n) is 7.33. The van der Waals surface area contributed by atoms with Crippen LogP contribution >= 0.6 is 11.3 Å². The van der Waals surface area contributed by atoms with Gasteiger partial charge in [0.15, 0.2) is 0 Å². The SMILES string of the molecule is CC(C)c1nc(C2CCCCCCC2)sc1C(=O)O. The molecule has 1 fully saturated rings. The van der Waals surface area contributed by atoms with E-state index < -0.39 is 5.97 Å². The molecular formula is C15H23NO2S. The molecule has 0 atom stereocenters. The fraction of sp³-hybridized carbons (Fsp3) is 0.733. The Morgan fingerprint density at radius 1 is 1.21 bits per heavy atom. The summed E-state index contributed by atoms with van der Waals surface area (Å²) >= 11 is 1.41. The van der Waals surface area contributed by atoms with Crippen molar-refractivity contribution in [3.8, 4) is 0 Å². The molecule has 0 spiro atoms.